The van der Waals surface area contributed by atoms with Crippen LogP contribution in [0.1, 0.15) is 18.5 Å². The number of hydrogen-bond donors (Lipinski definition) is 1. The molecule has 0 unspecified atom stereocenters. The molecular weight excluding hydrogens is 270 g/mol. The molecule has 1 fully saturated rings. The molecule has 1 aliphatic heterocycles. The summed E-state index contributed by atoms with van der Waals surface area (Å²) in [5.41, 5.74) is 6.04. The Kier molecular flexibility index (Phi) is 4.67. The van der Waals surface area contributed by atoms with Gasteiger partial charge in [0.25, 0.3) is 0 Å². The lowest BCUT2D eigenvalue weighted by Gasteiger charge is -2.38. The molecule has 6 nitrogen and oxygen atoms in total. The van der Waals surface area contributed by atoms with Crippen molar-refractivity contribution in [3.8, 4) is 5.75 Å². The van der Waals surface area contributed by atoms with Gasteiger partial charge < -0.3 is 20.1 Å². The molecule has 0 aromatic carbocycles. The second-order valence-electron chi connectivity index (χ2n) is 5.68. The van der Waals surface area contributed by atoms with Crippen molar-refractivity contribution in [2.75, 3.05) is 40.1 Å². The summed E-state index contributed by atoms with van der Waals surface area (Å²) in [6.45, 7) is 1.74. The highest BCUT2D eigenvalue weighted by molar-refractivity contribution is 5.77. The minimum Gasteiger partial charge on any atom is -0.497 e. The van der Waals surface area contributed by atoms with E-state index >= 15 is 0 Å². The van der Waals surface area contributed by atoms with Crippen LogP contribution in [0.15, 0.2) is 12.1 Å². The minimum absolute atomic E-state index is 0.168. The van der Waals surface area contributed by atoms with Gasteiger partial charge in [0.15, 0.2) is 0 Å². The van der Waals surface area contributed by atoms with E-state index in [0.717, 1.165) is 31.6 Å². The Morgan fingerprint density at radius 1 is 1.38 bits per heavy atom. The Balaban J connectivity index is 2.27. The fourth-order valence-electron chi connectivity index (χ4n) is 2.85. The van der Waals surface area contributed by atoms with Gasteiger partial charge in [0.2, 0.25) is 0 Å². The number of anilines is 1. The van der Waals surface area contributed by atoms with Crippen LogP contribution in [-0.2, 0) is 16.0 Å². The van der Waals surface area contributed by atoms with E-state index < -0.39 is 5.41 Å². The van der Waals surface area contributed by atoms with E-state index in [4.69, 9.17) is 15.2 Å². The van der Waals surface area contributed by atoms with Gasteiger partial charge in [-0.25, -0.2) is 4.98 Å². The van der Waals surface area contributed by atoms with Gasteiger partial charge in [0.1, 0.15) is 11.6 Å². The fraction of sp³-hybridized carbons (Fsp3) is 0.600. The number of rotatable bonds is 4. The van der Waals surface area contributed by atoms with Crippen LogP contribution in [0.3, 0.4) is 0 Å². The van der Waals surface area contributed by atoms with E-state index in [1.807, 2.05) is 6.07 Å². The van der Waals surface area contributed by atoms with Crippen LogP contribution < -0.4 is 10.5 Å². The summed E-state index contributed by atoms with van der Waals surface area (Å²) >= 11 is 0. The molecule has 0 aliphatic carbocycles. The van der Waals surface area contributed by atoms with Crippen molar-refractivity contribution in [3.63, 3.8) is 0 Å². The standard InChI is InChI=1S/C15H23N3O3/c1-18-6-4-15(5-7-18,14(19)21-3)10-11-8-12(20-2)9-13(16)17-11/h8-9H,4-7,10H2,1-3H3,(H2,16,17). The summed E-state index contributed by atoms with van der Waals surface area (Å²) in [6, 6.07) is 3.50. The third-order valence-corrected chi connectivity index (χ3v) is 4.19. The average Bonchev–Trinajstić information content (AvgIpc) is 2.48. The molecule has 0 amide bonds. The predicted octanol–water partition coefficient (Wildman–Crippen LogP) is 1.10. The first-order valence-electron chi connectivity index (χ1n) is 7.06. The maximum Gasteiger partial charge on any atom is 0.312 e. The van der Waals surface area contributed by atoms with Gasteiger partial charge in [-0.1, -0.05) is 0 Å². The van der Waals surface area contributed by atoms with Gasteiger partial charge in [-0.05, 0) is 33.0 Å². The maximum atomic E-state index is 12.3. The van der Waals surface area contributed by atoms with Gasteiger partial charge in [-0.2, -0.15) is 0 Å². The lowest BCUT2D eigenvalue weighted by Crippen LogP contribution is -2.45. The number of carbonyl (C=O) groups is 1. The molecule has 116 valence electrons. The molecule has 21 heavy (non-hydrogen) atoms. The number of nitrogens with two attached hydrogens (primary N) is 1. The quantitative estimate of drug-likeness (QED) is 0.838. The van der Waals surface area contributed by atoms with Crippen molar-refractivity contribution in [2.24, 2.45) is 5.41 Å². The lowest BCUT2D eigenvalue weighted by atomic mass is 9.74. The molecule has 0 bridgehead atoms. The highest BCUT2D eigenvalue weighted by Gasteiger charge is 2.42. The second kappa shape index (κ2) is 6.30. The highest BCUT2D eigenvalue weighted by Crippen LogP contribution is 2.36. The van der Waals surface area contributed by atoms with Crippen molar-refractivity contribution in [1.29, 1.82) is 0 Å². The number of ether oxygens (including phenoxy) is 2. The third kappa shape index (κ3) is 3.44. The van der Waals surface area contributed by atoms with Crippen LogP contribution in [0.4, 0.5) is 5.82 Å². The molecule has 2 heterocycles. The molecule has 1 aromatic heterocycles. The molecule has 1 saturated heterocycles. The van der Waals surface area contributed by atoms with E-state index in [1.54, 1.807) is 13.2 Å². The fourth-order valence-corrected chi connectivity index (χ4v) is 2.85. The average molecular weight is 293 g/mol. The SMILES string of the molecule is COC(=O)C1(Cc2cc(OC)cc(N)n2)CCN(C)CC1. The molecule has 6 heteroatoms. The zero-order valence-electron chi connectivity index (χ0n) is 12.9. The minimum atomic E-state index is -0.521. The van der Waals surface area contributed by atoms with Crippen LogP contribution in [-0.4, -0.2) is 50.2 Å². The molecule has 1 aromatic rings. The van der Waals surface area contributed by atoms with Gasteiger partial charge in [0, 0.05) is 24.2 Å². The normalized spacial score (nSPS) is 18.2. The zero-order chi connectivity index (χ0) is 15.5. The van der Waals surface area contributed by atoms with Gasteiger partial charge in [-0.15, -0.1) is 0 Å². The maximum absolute atomic E-state index is 12.3. The molecule has 0 atom stereocenters. The van der Waals surface area contributed by atoms with Gasteiger partial charge >= 0.3 is 5.97 Å². The van der Waals surface area contributed by atoms with Crippen LogP contribution in [0.25, 0.3) is 0 Å². The third-order valence-electron chi connectivity index (χ3n) is 4.19. The number of carbonyl (C=O) groups excluding carboxylic acids is 1. The van der Waals surface area contributed by atoms with Crippen LogP contribution in [0.5, 0.6) is 5.75 Å². The number of hydrogen-bond acceptors (Lipinski definition) is 6. The first-order chi connectivity index (χ1) is 9.99. The summed E-state index contributed by atoms with van der Waals surface area (Å²) in [7, 11) is 5.09. The molecule has 0 radical (unpaired) electrons. The number of likely N-dealkylation sites (tertiary alicyclic amines) is 1. The lowest BCUT2D eigenvalue weighted by molar-refractivity contribution is -0.155. The Morgan fingerprint density at radius 2 is 2.05 bits per heavy atom. The summed E-state index contributed by atoms with van der Waals surface area (Å²) in [4.78, 5) is 18.9. The molecule has 2 rings (SSSR count). The number of aromatic nitrogens is 1. The first kappa shape index (κ1) is 15.6. The Hall–Kier alpha value is -1.82. The van der Waals surface area contributed by atoms with Crippen molar-refractivity contribution >= 4 is 11.8 Å². The van der Waals surface area contributed by atoms with E-state index in [9.17, 15) is 4.79 Å². The van der Waals surface area contributed by atoms with E-state index in [1.165, 1.54) is 7.11 Å². The van der Waals surface area contributed by atoms with Crippen molar-refractivity contribution in [2.45, 2.75) is 19.3 Å². The van der Waals surface area contributed by atoms with Crippen LogP contribution in [0.2, 0.25) is 0 Å². The molecular formula is C15H23N3O3. The smallest absolute Gasteiger partial charge is 0.312 e. The van der Waals surface area contributed by atoms with Crippen molar-refractivity contribution in [1.82, 2.24) is 9.88 Å². The molecule has 0 spiro atoms. The van der Waals surface area contributed by atoms with Gasteiger partial charge in [0.05, 0.1) is 19.6 Å². The number of esters is 1. The van der Waals surface area contributed by atoms with Gasteiger partial charge in [-0.3, -0.25) is 4.79 Å². The van der Waals surface area contributed by atoms with Crippen molar-refractivity contribution in [3.05, 3.63) is 17.8 Å². The van der Waals surface area contributed by atoms with Crippen LogP contribution >= 0.6 is 0 Å². The van der Waals surface area contributed by atoms with E-state index in [-0.39, 0.29) is 5.97 Å². The largest absolute Gasteiger partial charge is 0.497 e. The summed E-state index contributed by atoms with van der Waals surface area (Å²) in [5.74, 6) is 0.890. The predicted molar refractivity (Wildman–Crippen MR) is 80.1 cm³/mol. The van der Waals surface area contributed by atoms with E-state index in [0.29, 0.717) is 18.0 Å². The summed E-state index contributed by atoms with van der Waals surface area (Å²) in [5, 5.41) is 0. The second-order valence-corrected chi connectivity index (χ2v) is 5.68. The Morgan fingerprint density at radius 3 is 2.62 bits per heavy atom. The van der Waals surface area contributed by atoms with Crippen LogP contribution in [0, 0.1) is 5.41 Å². The topological polar surface area (TPSA) is 77.7 Å². The molecule has 0 saturated carbocycles. The van der Waals surface area contributed by atoms with E-state index in [2.05, 4.69) is 16.9 Å². The zero-order valence-corrected chi connectivity index (χ0v) is 12.9. The van der Waals surface area contributed by atoms with Crippen molar-refractivity contribution < 1.29 is 14.3 Å². The number of pyridine rings is 1. The highest BCUT2D eigenvalue weighted by atomic mass is 16.5. The summed E-state index contributed by atoms with van der Waals surface area (Å²) < 4.78 is 10.3. The summed E-state index contributed by atoms with van der Waals surface area (Å²) in [6.07, 6.45) is 2.04. The number of methoxy groups -OCH3 is 2. The number of piperidine rings is 1. The first-order valence-corrected chi connectivity index (χ1v) is 7.06. The number of nitrogens with zero attached hydrogens (tertiary/aromatic N) is 2. The Labute approximate surface area is 125 Å². The monoisotopic (exact) mass is 293 g/mol. The number of nitrogen functional groups attached to an aromatic ring is 1. The molecule has 1 aliphatic rings. The molecule has 2 N–H and O–H groups in total. The Bertz CT molecular complexity index is 511.